The fourth-order valence-corrected chi connectivity index (χ4v) is 9.49. The molecule has 0 bridgehead atoms. The van der Waals surface area contributed by atoms with Gasteiger partial charge in [-0.3, -0.25) is 14.5 Å². The van der Waals surface area contributed by atoms with Crippen LogP contribution in [0.25, 0.3) is 0 Å². The van der Waals surface area contributed by atoms with Crippen molar-refractivity contribution < 1.29 is 14.3 Å². The van der Waals surface area contributed by atoms with Gasteiger partial charge in [0, 0.05) is 29.4 Å². The molecular weight excluding hydrogens is 490 g/mol. The van der Waals surface area contributed by atoms with E-state index in [4.69, 9.17) is 4.74 Å². The molecule has 1 spiro atoms. The number of fused-ring (bicyclic) bond motifs is 5. The molecule has 5 aliphatic rings. The fraction of sp³-hybridized carbons (Fsp3) is 0.724. The largest absolute Gasteiger partial charge is 0.457 e. The van der Waals surface area contributed by atoms with Crippen molar-refractivity contribution in [2.45, 2.75) is 83.8 Å². The van der Waals surface area contributed by atoms with Crippen LogP contribution in [0, 0.1) is 34.5 Å². The second-order valence-corrected chi connectivity index (χ2v) is 13.6. The lowest BCUT2D eigenvalue weighted by Gasteiger charge is -2.62. The molecule has 0 radical (unpaired) electrons. The standard InChI is InChI=1S/C29H38BrNO3/c1-27-13-14-29(18-31(17-26(33)34-29)16-19-3-6-21(30)7-4-19)15-20(27)5-8-22-23-9-10-25(32)28(23,2)12-11-24(22)27/h3-4,6-7,20,22-24H,5,8-18H2,1-2H3/t20-,22-,23-,24-,27-,28-,29+/m0/s1. The van der Waals surface area contributed by atoms with Gasteiger partial charge in [-0.1, -0.05) is 41.9 Å². The fourth-order valence-electron chi connectivity index (χ4n) is 9.23. The summed E-state index contributed by atoms with van der Waals surface area (Å²) in [6, 6.07) is 8.43. The first-order valence-corrected chi connectivity index (χ1v) is 14.2. The highest BCUT2D eigenvalue weighted by Gasteiger charge is 2.62. The Morgan fingerprint density at radius 1 is 1.00 bits per heavy atom. The van der Waals surface area contributed by atoms with Gasteiger partial charge >= 0.3 is 5.97 Å². The van der Waals surface area contributed by atoms with Crippen molar-refractivity contribution in [3.63, 3.8) is 0 Å². The summed E-state index contributed by atoms with van der Waals surface area (Å²) < 4.78 is 7.28. The number of Topliss-reactive ketones (excluding diaryl/α,β-unsaturated/α-hetero) is 1. The van der Waals surface area contributed by atoms with Crippen LogP contribution in [0.4, 0.5) is 0 Å². The van der Waals surface area contributed by atoms with E-state index in [9.17, 15) is 9.59 Å². The van der Waals surface area contributed by atoms with E-state index in [-0.39, 0.29) is 17.0 Å². The molecule has 1 aliphatic heterocycles. The number of carbonyl (C=O) groups is 2. The smallest absolute Gasteiger partial charge is 0.320 e. The molecule has 5 heteroatoms. The van der Waals surface area contributed by atoms with Crippen molar-refractivity contribution in [2.75, 3.05) is 13.1 Å². The van der Waals surface area contributed by atoms with Crippen molar-refractivity contribution in [3.8, 4) is 0 Å². The molecule has 7 atom stereocenters. The number of nitrogens with zero attached hydrogens (tertiary/aromatic N) is 1. The molecule has 184 valence electrons. The Morgan fingerprint density at radius 2 is 1.79 bits per heavy atom. The van der Waals surface area contributed by atoms with Gasteiger partial charge in [0.2, 0.25) is 0 Å². The first-order valence-electron chi connectivity index (χ1n) is 13.4. The Bertz CT molecular complexity index is 994. The molecule has 1 saturated heterocycles. The lowest BCUT2D eigenvalue weighted by molar-refractivity contribution is -0.200. The minimum absolute atomic E-state index is 0.0489. The van der Waals surface area contributed by atoms with Crippen LogP contribution in [-0.2, 0) is 20.9 Å². The summed E-state index contributed by atoms with van der Waals surface area (Å²) in [5.41, 5.74) is 1.19. The molecular formula is C29H38BrNO3. The average molecular weight is 529 g/mol. The van der Waals surface area contributed by atoms with Crippen LogP contribution < -0.4 is 0 Å². The Hall–Kier alpha value is -1.20. The number of ketones is 1. The summed E-state index contributed by atoms with van der Waals surface area (Å²) in [7, 11) is 0. The van der Waals surface area contributed by atoms with E-state index in [1.807, 2.05) is 0 Å². The van der Waals surface area contributed by atoms with Crippen LogP contribution in [0.5, 0.6) is 0 Å². The molecule has 0 aromatic heterocycles. The molecule has 34 heavy (non-hydrogen) atoms. The predicted octanol–water partition coefficient (Wildman–Crippen LogP) is 6.16. The number of carbonyl (C=O) groups excluding carboxylic acids is 2. The first kappa shape index (κ1) is 23.2. The zero-order chi connectivity index (χ0) is 23.7. The molecule has 6 rings (SSSR count). The van der Waals surface area contributed by atoms with Crippen LogP contribution in [0.1, 0.15) is 77.2 Å². The van der Waals surface area contributed by atoms with Crippen LogP contribution in [0.2, 0.25) is 0 Å². The molecule has 1 aromatic carbocycles. The highest BCUT2D eigenvalue weighted by Crippen LogP contribution is 2.66. The minimum Gasteiger partial charge on any atom is -0.457 e. The molecule has 0 unspecified atom stereocenters. The second-order valence-electron chi connectivity index (χ2n) is 12.7. The molecule has 4 aliphatic carbocycles. The van der Waals surface area contributed by atoms with E-state index in [2.05, 4.69) is 58.9 Å². The van der Waals surface area contributed by atoms with Gasteiger partial charge in [-0.05, 0) is 98.1 Å². The summed E-state index contributed by atoms with van der Waals surface area (Å²) >= 11 is 3.52. The SMILES string of the molecule is C[C@]12CC[C@@]3(C[C@@H]1CC[C@@H]1[C@@H]2CC[C@]2(C)C(=O)CC[C@@H]12)CN(Cc1ccc(Br)cc1)CC(=O)O3. The summed E-state index contributed by atoms with van der Waals surface area (Å²) in [6.45, 7) is 6.86. The molecule has 4 saturated carbocycles. The number of hydrogen-bond acceptors (Lipinski definition) is 4. The quantitative estimate of drug-likeness (QED) is 0.432. The molecule has 0 N–H and O–H groups in total. The van der Waals surface area contributed by atoms with E-state index in [0.29, 0.717) is 35.5 Å². The first-order chi connectivity index (χ1) is 16.2. The Balaban J connectivity index is 1.19. The maximum atomic E-state index is 12.7. The monoisotopic (exact) mass is 527 g/mol. The summed E-state index contributed by atoms with van der Waals surface area (Å²) in [5.74, 6) is 3.13. The molecule has 1 heterocycles. The van der Waals surface area contributed by atoms with Gasteiger partial charge in [0.25, 0.3) is 0 Å². The lowest BCUT2D eigenvalue weighted by Crippen LogP contribution is -2.61. The third kappa shape index (κ3) is 3.63. The number of morpholine rings is 1. The molecule has 0 amide bonds. The van der Waals surface area contributed by atoms with E-state index in [1.165, 1.54) is 24.8 Å². The summed E-state index contributed by atoms with van der Waals surface area (Å²) in [5, 5.41) is 0. The number of ether oxygens (including phenoxy) is 1. The van der Waals surface area contributed by atoms with Gasteiger partial charge in [-0.25, -0.2) is 0 Å². The number of esters is 1. The normalized spacial score (nSPS) is 44.3. The highest BCUT2D eigenvalue weighted by molar-refractivity contribution is 9.10. The minimum atomic E-state index is -0.325. The molecule has 4 nitrogen and oxygen atoms in total. The number of hydrogen-bond donors (Lipinski definition) is 0. The maximum Gasteiger partial charge on any atom is 0.320 e. The Labute approximate surface area is 212 Å². The summed E-state index contributed by atoms with van der Waals surface area (Å²) in [4.78, 5) is 27.8. The summed E-state index contributed by atoms with van der Waals surface area (Å²) in [6.07, 6.45) is 9.83. The van der Waals surface area contributed by atoms with Gasteiger partial charge in [0.15, 0.2) is 0 Å². The van der Waals surface area contributed by atoms with Gasteiger partial charge < -0.3 is 4.74 Å². The Kier molecular flexibility index (Phi) is 5.57. The zero-order valence-corrected chi connectivity index (χ0v) is 22.2. The van der Waals surface area contributed by atoms with Crippen molar-refractivity contribution >= 4 is 27.7 Å². The van der Waals surface area contributed by atoms with Crippen molar-refractivity contribution in [2.24, 2.45) is 34.5 Å². The molecule has 1 aromatic rings. The third-order valence-electron chi connectivity index (χ3n) is 11.0. The third-order valence-corrected chi connectivity index (χ3v) is 11.6. The predicted molar refractivity (Wildman–Crippen MR) is 135 cm³/mol. The van der Waals surface area contributed by atoms with E-state index in [0.717, 1.165) is 62.0 Å². The second kappa shape index (κ2) is 8.16. The van der Waals surface area contributed by atoms with Crippen molar-refractivity contribution in [3.05, 3.63) is 34.3 Å². The average Bonchev–Trinajstić information content (AvgIpc) is 3.10. The van der Waals surface area contributed by atoms with Crippen LogP contribution in [0.15, 0.2) is 28.7 Å². The van der Waals surface area contributed by atoms with Crippen molar-refractivity contribution in [1.29, 1.82) is 0 Å². The van der Waals surface area contributed by atoms with Gasteiger partial charge in [-0.2, -0.15) is 0 Å². The number of rotatable bonds is 2. The number of benzene rings is 1. The van der Waals surface area contributed by atoms with E-state index < -0.39 is 0 Å². The highest BCUT2D eigenvalue weighted by atomic mass is 79.9. The lowest BCUT2D eigenvalue weighted by atomic mass is 9.44. The Morgan fingerprint density at radius 3 is 2.59 bits per heavy atom. The van der Waals surface area contributed by atoms with Gasteiger partial charge in [0.1, 0.15) is 11.4 Å². The molecule has 5 fully saturated rings. The van der Waals surface area contributed by atoms with Crippen LogP contribution in [-0.4, -0.2) is 35.3 Å². The van der Waals surface area contributed by atoms with E-state index >= 15 is 0 Å². The topological polar surface area (TPSA) is 46.6 Å². The van der Waals surface area contributed by atoms with Gasteiger partial charge in [-0.15, -0.1) is 0 Å². The van der Waals surface area contributed by atoms with E-state index in [1.54, 1.807) is 0 Å². The van der Waals surface area contributed by atoms with Crippen molar-refractivity contribution in [1.82, 2.24) is 4.90 Å². The zero-order valence-electron chi connectivity index (χ0n) is 20.7. The van der Waals surface area contributed by atoms with Gasteiger partial charge in [0.05, 0.1) is 6.54 Å². The number of halogens is 1. The van der Waals surface area contributed by atoms with Crippen LogP contribution >= 0.6 is 15.9 Å². The van der Waals surface area contributed by atoms with Crippen LogP contribution in [0.3, 0.4) is 0 Å². The maximum absolute atomic E-state index is 12.7.